The molecular formula is C23H34N4O4S. The number of amides is 2. The molecule has 0 radical (unpaired) electrons. The molecule has 0 spiro atoms. The highest BCUT2D eigenvalue weighted by atomic mass is 32.2. The second-order valence-electron chi connectivity index (χ2n) is 9.27. The number of carbonyl (C=O) groups is 2. The number of sulfone groups is 1. The highest BCUT2D eigenvalue weighted by Crippen LogP contribution is 2.34. The smallest absolute Gasteiger partial charge is 0.237 e. The van der Waals surface area contributed by atoms with Gasteiger partial charge in [0.1, 0.15) is 5.37 Å². The highest BCUT2D eigenvalue weighted by molar-refractivity contribution is 7.91. The van der Waals surface area contributed by atoms with Gasteiger partial charge in [-0.2, -0.15) is 0 Å². The first-order chi connectivity index (χ1) is 15.3. The maximum atomic E-state index is 13.3. The molecule has 0 unspecified atom stereocenters. The number of carbonyl (C=O) groups excluding carboxylic acids is 2. The fourth-order valence-electron chi connectivity index (χ4n) is 5.28. The van der Waals surface area contributed by atoms with Gasteiger partial charge < -0.3 is 16.0 Å². The van der Waals surface area contributed by atoms with Crippen LogP contribution in [0.1, 0.15) is 56.2 Å². The third kappa shape index (κ3) is 4.70. The first-order valence-electron chi connectivity index (χ1n) is 11.6. The summed E-state index contributed by atoms with van der Waals surface area (Å²) >= 11 is 0. The van der Waals surface area contributed by atoms with E-state index in [2.05, 4.69) is 28.1 Å². The second kappa shape index (κ2) is 9.49. The number of aryl methyl sites for hydroxylation is 1. The Bertz CT molecular complexity index is 966. The number of benzene rings is 1. The van der Waals surface area contributed by atoms with Gasteiger partial charge >= 0.3 is 0 Å². The van der Waals surface area contributed by atoms with Crippen molar-refractivity contribution in [1.29, 1.82) is 0 Å². The molecule has 0 saturated carbocycles. The Hall–Kier alpha value is -1.97. The van der Waals surface area contributed by atoms with Crippen LogP contribution in [0.4, 0.5) is 0 Å². The van der Waals surface area contributed by atoms with Crippen molar-refractivity contribution in [1.82, 2.24) is 20.9 Å². The van der Waals surface area contributed by atoms with E-state index < -0.39 is 21.3 Å². The molecule has 2 heterocycles. The van der Waals surface area contributed by atoms with Crippen molar-refractivity contribution in [2.24, 2.45) is 0 Å². The summed E-state index contributed by atoms with van der Waals surface area (Å²) in [6.07, 6.45) is 4.25. The van der Waals surface area contributed by atoms with Crippen LogP contribution in [0.3, 0.4) is 0 Å². The summed E-state index contributed by atoms with van der Waals surface area (Å²) in [5.41, 5.74) is 2.43. The average molecular weight is 463 g/mol. The van der Waals surface area contributed by atoms with Gasteiger partial charge in [-0.25, -0.2) is 8.42 Å². The molecule has 8 nitrogen and oxygen atoms in total. The largest absolute Gasteiger partial charge is 0.351 e. The van der Waals surface area contributed by atoms with Gasteiger partial charge in [0.05, 0.1) is 23.9 Å². The van der Waals surface area contributed by atoms with Gasteiger partial charge in [0.2, 0.25) is 11.8 Å². The number of hydrogen-bond donors (Lipinski definition) is 3. The maximum Gasteiger partial charge on any atom is 0.237 e. The monoisotopic (exact) mass is 462 g/mol. The highest BCUT2D eigenvalue weighted by Gasteiger charge is 2.47. The summed E-state index contributed by atoms with van der Waals surface area (Å²) in [5, 5.41) is 8.44. The lowest BCUT2D eigenvalue weighted by atomic mass is 9.87. The second-order valence-corrected chi connectivity index (χ2v) is 11.5. The molecule has 1 aliphatic carbocycles. The molecule has 2 fully saturated rings. The quantitative estimate of drug-likeness (QED) is 0.600. The van der Waals surface area contributed by atoms with Gasteiger partial charge in [-0.1, -0.05) is 24.3 Å². The third-order valence-corrected chi connectivity index (χ3v) is 9.36. The Morgan fingerprint density at radius 3 is 2.66 bits per heavy atom. The molecule has 4 rings (SSSR count). The standard InChI is InChI=1S/C23H34N4O4S/c1-15(24-2)22(28)25-17-12-13-32(30,31)21-11-10-20(27(21)14-17)23(29)26-19-9-5-7-16-6-3-4-8-18(16)19/h3-4,6,8,15,17,19-21,24H,5,7,9-14H2,1-2H3,(H,25,28)(H,26,29)/t15-,17-,19+,20-,21-/m0/s1. The lowest BCUT2D eigenvalue weighted by molar-refractivity contribution is -0.126. The van der Waals surface area contributed by atoms with Gasteiger partial charge in [0.25, 0.3) is 0 Å². The molecule has 9 heteroatoms. The van der Waals surface area contributed by atoms with Crippen LogP contribution in [0.2, 0.25) is 0 Å². The van der Waals surface area contributed by atoms with Gasteiger partial charge in [-0.3, -0.25) is 14.5 Å². The minimum Gasteiger partial charge on any atom is -0.351 e. The minimum atomic E-state index is -3.36. The molecule has 3 aliphatic rings. The number of nitrogens with one attached hydrogen (secondary N) is 3. The van der Waals surface area contributed by atoms with Crippen molar-refractivity contribution >= 4 is 21.7 Å². The summed E-state index contributed by atoms with van der Waals surface area (Å²) in [5.74, 6) is -0.246. The zero-order chi connectivity index (χ0) is 22.9. The van der Waals surface area contributed by atoms with E-state index in [1.165, 1.54) is 5.56 Å². The fourth-order valence-corrected chi connectivity index (χ4v) is 7.31. The number of likely N-dealkylation sites (N-methyl/N-ethyl adjacent to an activating group) is 1. The SMILES string of the molecule is CN[C@@H](C)C(=O)N[C@H]1CCS(=O)(=O)[C@H]2CC[C@@H](C(=O)N[C@@H]3CCCc4ccccc43)N2C1. The van der Waals surface area contributed by atoms with Crippen molar-refractivity contribution < 1.29 is 18.0 Å². The molecule has 3 N–H and O–H groups in total. The van der Waals surface area contributed by atoms with Crippen LogP contribution < -0.4 is 16.0 Å². The Morgan fingerprint density at radius 2 is 1.88 bits per heavy atom. The molecule has 0 aromatic heterocycles. The lowest BCUT2D eigenvalue weighted by Crippen LogP contribution is -2.53. The molecule has 32 heavy (non-hydrogen) atoms. The summed E-state index contributed by atoms with van der Waals surface area (Å²) in [6.45, 7) is 2.13. The molecular weight excluding hydrogens is 428 g/mol. The summed E-state index contributed by atoms with van der Waals surface area (Å²) in [6, 6.07) is 7.00. The Labute approximate surface area is 190 Å². The maximum absolute atomic E-state index is 13.3. The van der Waals surface area contributed by atoms with Gasteiger partial charge in [0.15, 0.2) is 9.84 Å². The van der Waals surface area contributed by atoms with Crippen molar-refractivity contribution in [3.63, 3.8) is 0 Å². The molecule has 2 amide bonds. The van der Waals surface area contributed by atoms with E-state index in [1.54, 1.807) is 14.0 Å². The zero-order valence-electron chi connectivity index (χ0n) is 18.8. The lowest BCUT2D eigenvalue weighted by Gasteiger charge is -2.32. The number of rotatable bonds is 5. The van der Waals surface area contributed by atoms with Crippen LogP contribution >= 0.6 is 0 Å². The number of nitrogens with zero attached hydrogens (tertiary/aromatic N) is 1. The van der Waals surface area contributed by atoms with E-state index in [0.29, 0.717) is 25.8 Å². The van der Waals surface area contributed by atoms with E-state index in [4.69, 9.17) is 0 Å². The van der Waals surface area contributed by atoms with E-state index >= 15 is 0 Å². The van der Waals surface area contributed by atoms with Crippen LogP contribution in [-0.2, 0) is 25.8 Å². The predicted octanol–water partition coefficient (Wildman–Crippen LogP) is 0.882. The molecule has 5 atom stereocenters. The molecule has 2 saturated heterocycles. The summed E-state index contributed by atoms with van der Waals surface area (Å²) in [4.78, 5) is 27.5. The minimum absolute atomic E-state index is 0.0252. The molecule has 176 valence electrons. The van der Waals surface area contributed by atoms with Crippen molar-refractivity contribution in [2.75, 3.05) is 19.3 Å². The normalized spacial score (nSPS) is 30.4. The van der Waals surface area contributed by atoms with E-state index in [0.717, 1.165) is 24.8 Å². The average Bonchev–Trinajstić information content (AvgIpc) is 3.17. The van der Waals surface area contributed by atoms with Crippen molar-refractivity contribution in [3.8, 4) is 0 Å². The Morgan fingerprint density at radius 1 is 1.09 bits per heavy atom. The first kappa shape index (κ1) is 23.2. The molecule has 1 aromatic rings. The van der Waals surface area contributed by atoms with Crippen molar-refractivity contribution in [2.45, 2.75) is 75.0 Å². The first-order valence-corrected chi connectivity index (χ1v) is 13.3. The van der Waals surface area contributed by atoms with Crippen LogP contribution in [0, 0.1) is 0 Å². The van der Waals surface area contributed by atoms with Gasteiger partial charge in [0, 0.05) is 12.6 Å². The third-order valence-electron chi connectivity index (χ3n) is 7.22. The van der Waals surface area contributed by atoms with Crippen molar-refractivity contribution in [3.05, 3.63) is 35.4 Å². The van der Waals surface area contributed by atoms with Crippen LogP contribution in [0.5, 0.6) is 0 Å². The van der Waals surface area contributed by atoms with Crippen LogP contribution in [-0.4, -0.2) is 68.0 Å². The molecule has 2 aliphatic heterocycles. The predicted molar refractivity (Wildman–Crippen MR) is 123 cm³/mol. The Balaban J connectivity index is 1.50. The topological polar surface area (TPSA) is 108 Å². The molecule has 1 aromatic carbocycles. The number of fused-ring (bicyclic) bond motifs is 2. The Kier molecular flexibility index (Phi) is 6.88. The fraction of sp³-hybridized carbons (Fsp3) is 0.652. The van der Waals surface area contributed by atoms with Gasteiger partial charge in [-0.15, -0.1) is 0 Å². The van der Waals surface area contributed by atoms with E-state index in [1.807, 2.05) is 17.0 Å². The van der Waals surface area contributed by atoms with Gasteiger partial charge in [-0.05, 0) is 63.6 Å². The molecule has 0 bridgehead atoms. The summed E-state index contributed by atoms with van der Waals surface area (Å²) < 4.78 is 25.9. The van der Waals surface area contributed by atoms with E-state index in [9.17, 15) is 18.0 Å². The van der Waals surface area contributed by atoms with Crippen LogP contribution in [0.15, 0.2) is 24.3 Å². The zero-order valence-corrected chi connectivity index (χ0v) is 19.7. The van der Waals surface area contributed by atoms with E-state index in [-0.39, 0.29) is 35.7 Å². The van der Waals surface area contributed by atoms with Crippen LogP contribution in [0.25, 0.3) is 0 Å². The summed E-state index contributed by atoms with van der Waals surface area (Å²) in [7, 11) is -1.65. The number of hydrogen-bond acceptors (Lipinski definition) is 6.